The number of fused-ring (bicyclic) bond motifs is 1. The van der Waals surface area contributed by atoms with E-state index in [1.54, 1.807) is 54.0 Å². The highest BCUT2D eigenvalue weighted by atomic mass is 127. The SMILES string of the molecule is Cc1nc2ccc(C(O)c3c(I)nc(SCc4c(F)cccc4Cl)n3-c3ccc(F)cc3)cc2o1. The van der Waals surface area contributed by atoms with E-state index in [1.807, 2.05) is 0 Å². The largest absolute Gasteiger partial charge is 0.441 e. The number of oxazole rings is 1. The van der Waals surface area contributed by atoms with E-state index < -0.39 is 11.9 Å². The maximum atomic E-state index is 14.4. The zero-order valence-corrected chi connectivity index (χ0v) is 21.9. The van der Waals surface area contributed by atoms with Gasteiger partial charge in [-0.25, -0.2) is 18.7 Å². The number of halogens is 4. The number of aromatic nitrogens is 3. The normalized spacial score (nSPS) is 12.4. The summed E-state index contributed by atoms with van der Waals surface area (Å²) in [7, 11) is 0. The van der Waals surface area contributed by atoms with E-state index in [2.05, 4.69) is 32.6 Å². The molecule has 0 radical (unpaired) electrons. The van der Waals surface area contributed by atoms with E-state index in [0.717, 1.165) is 0 Å². The second-order valence-electron chi connectivity index (χ2n) is 7.73. The number of hydrogen-bond acceptors (Lipinski definition) is 5. The number of aliphatic hydroxyl groups excluding tert-OH is 1. The molecular formula is C25H17ClF2IN3O2S. The maximum absolute atomic E-state index is 14.4. The summed E-state index contributed by atoms with van der Waals surface area (Å²) >= 11 is 9.54. The smallest absolute Gasteiger partial charge is 0.192 e. The Balaban J connectivity index is 1.59. The van der Waals surface area contributed by atoms with Crippen molar-refractivity contribution in [2.24, 2.45) is 0 Å². The van der Waals surface area contributed by atoms with Crippen LogP contribution in [0.25, 0.3) is 16.8 Å². The third-order valence-corrected chi connectivity index (χ3v) is 7.54. The molecule has 0 saturated carbocycles. The fraction of sp³-hybridized carbons (Fsp3) is 0.120. The number of imidazole rings is 1. The molecule has 35 heavy (non-hydrogen) atoms. The molecule has 2 heterocycles. The zero-order chi connectivity index (χ0) is 24.7. The summed E-state index contributed by atoms with van der Waals surface area (Å²) in [5.41, 5.74) is 3.30. The molecule has 0 spiro atoms. The molecule has 0 fully saturated rings. The van der Waals surface area contributed by atoms with Gasteiger partial charge in [0.2, 0.25) is 0 Å². The fourth-order valence-electron chi connectivity index (χ4n) is 3.75. The first-order valence-electron chi connectivity index (χ1n) is 10.5. The van der Waals surface area contributed by atoms with Crippen molar-refractivity contribution in [3.63, 3.8) is 0 Å². The lowest BCUT2D eigenvalue weighted by Crippen LogP contribution is -2.10. The summed E-state index contributed by atoms with van der Waals surface area (Å²) in [6.45, 7) is 1.76. The van der Waals surface area contributed by atoms with Crippen LogP contribution in [0.5, 0.6) is 0 Å². The van der Waals surface area contributed by atoms with Crippen molar-refractivity contribution in [3.05, 3.63) is 104 Å². The molecule has 5 rings (SSSR count). The summed E-state index contributed by atoms with van der Waals surface area (Å²) in [5, 5.41) is 12.3. The lowest BCUT2D eigenvalue weighted by molar-refractivity contribution is 0.211. The summed E-state index contributed by atoms with van der Waals surface area (Å²) in [6, 6.07) is 15.7. The van der Waals surface area contributed by atoms with Gasteiger partial charge in [0.1, 0.15) is 27.0 Å². The third-order valence-electron chi connectivity index (χ3n) is 5.42. The van der Waals surface area contributed by atoms with E-state index in [4.69, 9.17) is 16.0 Å². The first-order valence-corrected chi connectivity index (χ1v) is 12.9. The third kappa shape index (κ3) is 4.82. The van der Waals surface area contributed by atoms with Crippen LogP contribution in [0, 0.1) is 22.3 Å². The minimum Gasteiger partial charge on any atom is -0.441 e. The van der Waals surface area contributed by atoms with Gasteiger partial charge in [0.15, 0.2) is 16.6 Å². The number of nitrogens with zero attached hydrogens (tertiary/aromatic N) is 3. The monoisotopic (exact) mass is 623 g/mol. The van der Waals surface area contributed by atoms with Gasteiger partial charge in [-0.3, -0.25) is 4.57 Å². The summed E-state index contributed by atoms with van der Waals surface area (Å²) in [5.74, 6) is -0.0405. The molecule has 5 nitrogen and oxygen atoms in total. The van der Waals surface area contributed by atoms with E-state index >= 15 is 0 Å². The van der Waals surface area contributed by atoms with Crippen LogP contribution in [0.2, 0.25) is 5.02 Å². The van der Waals surface area contributed by atoms with E-state index in [-0.39, 0.29) is 11.6 Å². The van der Waals surface area contributed by atoms with E-state index in [9.17, 15) is 13.9 Å². The summed E-state index contributed by atoms with van der Waals surface area (Å²) < 4.78 is 36.0. The van der Waals surface area contributed by atoms with Crippen LogP contribution < -0.4 is 0 Å². The van der Waals surface area contributed by atoms with E-state index in [1.165, 1.54) is 30.0 Å². The van der Waals surface area contributed by atoms with Gasteiger partial charge in [-0.15, -0.1) is 0 Å². The van der Waals surface area contributed by atoms with Crippen molar-refractivity contribution >= 4 is 57.1 Å². The Bertz CT molecular complexity index is 1520. The van der Waals surface area contributed by atoms with Crippen LogP contribution in [-0.2, 0) is 5.75 Å². The Labute approximate surface area is 222 Å². The van der Waals surface area contributed by atoms with Gasteiger partial charge in [0.25, 0.3) is 0 Å². The van der Waals surface area contributed by atoms with Crippen molar-refractivity contribution in [1.29, 1.82) is 0 Å². The Morgan fingerprint density at radius 1 is 1.11 bits per heavy atom. The summed E-state index contributed by atoms with van der Waals surface area (Å²) in [4.78, 5) is 8.96. The number of aryl methyl sites for hydroxylation is 1. The van der Waals surface area contributed by atoms with Crippen molar-refractivity contribution < 1.29 is 18.3 Å². The average Bonchev–Trinajstić information content (AvgIpc) is 3.36. The first-order chi connectivity index (χ1) is 16.8. The molecule has 10 heteroatoms. The van der Waals surface area contributed by atoms with Crippen LogP contribution in [0.3, 0.4) is 0 Å². The molecule has 0 aliphatic carbocycles. The lowest BCUT2D eigenvalue weighted by Gasteiger charge is -2.17. The highest BCUT2D eigenvalue weighted by Gasteiger charge is 2.26. The number of rotatable bonds is 6. The Hall–Kier alpha value is -2.47. The Kier molecular flexibility index (Phi) is 6.84. The van der Waals surface area contributed by atoms with Gasteiger partial charge in [0.05, 0.1) is 5.69 Å². The van der Waals surface area contributed by atoms with Gasteiger partial charge in [-0.05, 0) is 76.7 Å². The molecule has 178 valence electrons. The minimum absolute atomic E-state index is 0.221. The number of hydrogen-bond donors (Lipinski definition) is 1. The molecule has 1 atom stereocenters. The standard InChI is InChI=1S/C25H17ClF2IN3O2S/c1-13-30-20-10-5-14(11-21(20)34-13)23(33)22-24(29)31-25(32(22)16-8-6-15(27)7-9-16)35-12-17-18(26)3-2-4-19(17)28/h2-11,23,33H,12H2,1H3. The molecule has 1 unspecified atom stereocenters. The second-order valence-corrected chi connectivity index (χ2v) is 10.1. The molecule has 1 N–H and O–H groups in total. The highest BCUT2D eigenvalue weighted by Crippen LogP contribution is 2.36. The number of benzene rings is 3. The quantitative estimate of drug-likeness (QED) is 0.160. The zero-order valence-electron chi connectivity index (χ0n) is 18.2. The van der Waals surface area contributed by atoms with Crippen molar-refractivity contribution in [3.8, 4) is 5.69 Å². The van der Waals surface area contributed by atoms with Crippen molar-refractivity contribution in [2.75, 3.05) is 0 Å². The fourth-order valence-corrected chi connectivity index (χ4v) is 6.04. The van der Waals surface area contributed by atoms with Crippen molar-refractivity contribution in [1.82, 2.24) is 14.5 Å². The molecule has 0 saturated heterocycles. The summed E-state index contributed by atoms with van der Waals surface area (Å²) in [6.07, 6.45) is -1.07. The minimum atomic E-state index is -1.07. The van der Waals surface area contributed by atoms with Gasteiger partial charge in [-0.1, -0.05) is 35.5 Å². The van der Waals surface area contributed by atoms with Gasteiger partial charge >= 0.3 is 0 Å². The molecule has 0 amide bonds. The van der Waals surface area contributed by atoms with Crippen LogP contribution in [0.15, 0.2) is 70.2 Å². The predicted octanol–water partition coefficient (Wildman–Crippen LogP) is 7.23. The lowest BCUT2D eigenvalue weighted by atomic mass is 10.1. The highest BCUT2D eigenvalue weighted by molar-refractivity contribution is 14.1. The Morgan fingerprint density at radius 3 is 2.63 bits per heavy atom. The molecule has 0 bridgehead atoms. The van der Waals surface area contributed by atoms with E-state index in [0.29, 0.717) is 53.4 Å². The predicted molar refractivity (Wildman–Crippen MR) is 140 cm³/mol. The van der Waals surface area contributed by atoms with Crippen LogP contribution in [0.1, 0.15) is 28.8 Å². The Morgan fingerprint density at radius 2 is 1.89 bits per heavy atom. The van der Waals surface area contributed by atoms with Crippen molar-refractivity contribution in [2.45, 2.75) is 23.9 Å². The molecule has 5 aromatic rings. The van der Waals surface area contributed by atoms with Crippen LogP contribution >= 0.6 is 46.0 Å². The topological polar surface area (TPSA) is 64.1 Å². The second kappa shape index (κ2) is 9.88. The van der Waals surface area contributed by atoms with Crippen LogP contribution in [0.4, 0.5) is 8.78 Å². The molecule has 0 aliphatic rings. The molecule has 3 aromatic carbocycles. The number of aliphatic hydroxyl groups is 1. The first kappa shape index (κ1) is 24.2. The van der Waals surface area contributed by atoms with Crippen LogP contribution in [-0.4, -0.2) is 19.6 Å². The molecular weight excluding hydrogens is 607 g/mol. The van der Waals surface area contributed by atoms with Gasteiger partial charge < -0.3 is 9.52 Å². The average molecular weight is 624 g/mol. The van der Waals surface area contributed by atoms with Gasteiger partial charge in [-0.2, -0.15) is 0 Å². The molecule has 2 aromatic heterocycles. The number of thioether (sulfide) groups is 1. The molecule has 0 aliphatic heterocycles. The van der Waals surface area contributed by atoms with Gasteiger partial charge in [0, 0.05) is 29.0 Å². The maximum Gasteiger partial charge on any atom is 0.192 e.